The number of alkyl halides is 3. The lowest BCUT2D eigenvalue weighted by Crippen LogP contribution is -2.72. The van der Waals surface area contributed by atoms with E-state index >= 15 is 0 Å². The van der Waals surface area contributed by atoms with Crippen LogP contribution >= 0.6 is 34.8 Å². The van der Waals surface area contributed by atoms with Crippen molar-refractivity contribution in [1.82, 2.24) is 10.6 Å². The Morgan fingerprint density at radius 2 is 1.66 bits per heavy atom. The molecule has 0 unspecified atom stereocenters. The number of urea groups is 1. The van der Waals surface area contributed by atoms with Gasteiger partial charge in [-0.05, 0) is 42.0 Å². The topological polar surface area (TPSA) is 78.4 Å². The summed E-state index contributed by atoms with van der Waals surface area (Å²) in [4.78, 5) is 25.0. The zero-order valence-corrected chi connectivity index (χ0v) is 16.5. The lowest BCUT2D eigenvalue weighted by atomic mass is 9.77. The second-order valence-corrected chi connectivity index (χ2v) is 7.61. The van der Waals surface area contributed by atoms with Gasteiger partial charge >= 0.3 is 12.2 Å². The zero-order chi connectivity index (χ0) is 21.6. The van der Waals surface area contributed by atoms with Gasteiger partial charge in [-0.1, -0.05) is 40.9 Å². The maximum Gasteiger partial charge on any atom is 0.437 e. The molecule has 11 heteroatoms. The molecule has 5 nitrogen and oxygen atoms in total. The van der Waals surface area contributed by atoms with Gasteiger partial charge in [-0.3, -0.25) is 4.79 Å². The highest BCUT2D eigenvalue weighted by Crippen LogP contribution is 2.44. The number of Topliss-reactive ketones (excluding diaryl/α,β-unsaturated/α-hetero) is 1. The number of hydrogen-bond donors (Lipinski definition) is 3. The average molecular weight is 468 g/mol. The van der Waals surface area contributed by atoms with Crippen molar-refractivity contribution in [2.75, 3.05) is 0 Å². The monoisotopic (exact) mass is 466 g/mol. The number of nitrogens with one attached hydrogen (secondary N) is 2. The molecule has 1 aliphatic heterocycles. The van der Waals surface area contributed by atoms with E-state index in [-0.39, 0.29) is 26.2 Å². The molecule has 0 bridgehead atoms. The molecule has 1 aliphatic rings. The fraction of sp³-hybridized carbons (Fsp3) is 0.222. The third-order valence-electron chi connectivity index (χ3n) is 4.52. The van der Waals surface area contributed by atoms with Crippen LogP contribution in [0, 0.1) is 5.92 Å². The van der Waals surface area contributed by atoms with Gasteiger partial charge in [-0.25, -0.2) is 4.79 Å². The van der Waals surface area contributed by atoms with Crippen LogP contribution in [0.3, 0.4) is 0 Å². The molecular formula is C18H12Cl3F3N2O3. The highest BCUT2D eigenvalue weighted by atomic mass is 35.5. The van der Waals surface area contributed by atoms with Crippen LogP contribution in [0.5, 0.6) is 0 Å². The highest BCUT2D eigenvalue weighted by Gasteiger charge is 2.66. The number of benzene rings is 2. The van der Waals surface area contributed by atoms with Gasteiger partial charge < -0.3 is 15.7 Å². The van der Waals surface area contributed by atoms with E-state index in [9.17, 15) is 27.9 Å². The van der Waals surface area contributed by atoms with E-state index < -0.39 is 35.7 Å². The number of carbonyl (C=O) groups is 2. The number of amides is 2. The second-order valence-electron chi connectivity index (χ2n) is 6.36. The van der Waals surface area contributed by atoms with E-state index in [0.29, 0.717) is 0 Å². The van der Waals surface area contributed by atoms with Crippen LogP contribution in [0.25, 0.3) is 0 Å². The molecular weight excluding hydrogens is 456 g/mol. The summed E-state index contributed by atoms with van der Waals surface area (Å²) in [6, 6.07) is 6.09. The van der Waals surface area contributed by atoms with Gasteiger partial charge in [-0.2, -0.15) is 13.2 Å². The van der Waals surface area contributed by atoms with Gasteiger partial charge in [-0.15, -0.1) is 0 Å². The molecule has 2 aromatic carbocycles. The molecule has 0 spiro atoms. The summed E-state index contributed by atoms with van der Waals surface area (Å²) >= 11 is 17.6. The first-order valence-electron chi connectivity index (χ1n) is 8.06. The summed E-state index contributed by atoms with van der Waals surface area (Å²) in [7, 11) is 0. The van der Waals surface area contributed by atoms with E-state index in [1.807, 2.05) is 0 Å². The van der Waals surface area contributed by atoms with Crippen molar-refractivity contribution < 1.29 is 27.9 Å². The van der Waals surface area contributed by atoms with Crippen molar-refractivity contribution in [3.8, 4) is 0 Å². The molecule has 2 amide bonds. The number of halogens is 6. The highest BCUT2D eigenvalue weighted by molar-refractivity contribution is 6.42. The van der Waals surface area contributed by atoms with Gasteiger partial charge in [0.25, 0.3) is 0 Å². The Hall–Kier alpha value is -2.00. The number of rotatable bonds is 3. The van der Waals surface area contributed by atoms with Gasteiger partial charge in [0.1, 0.15) is 5.92 Å². The molecule has 0 radical (unpaired) electrons. The summed E-state index contributed by atoms with van der Waals surface area (Å²) in [5.74, 6) is -3.23. The molecule has 2 aromatic rings. The Balaban J connectivity index is 2.17. The minimum absolute atomic E-state index is 0.00480. The fourth-order valence-corrected chi connectivity index (χ4v) is 3.55. The quantitative estimate of drug-likeness (QED) is 0.570. The van der Waals surface area contributed by atoms with Crippen LogP contribution in [-0.2, 0) is 0 Å². The van der Waals surface area contributed by atoms with Crippen molar-refractivity contribution in [2.24, 2.45) is 5.92 Å². The van der Waals surface area contributed by atoms with Crippen LogP contribution < -0.4 is 10.6 Å². The van der Waals surface area contributed by atoms with E-state index in [1.165, 1.54) is 47.8 Å². The van der Waals surface area contributed by atoms with Crippen LogP contribution in [-0.4, -0.2) is 28.8 Å². The maximum absolute atomic E-state index is 13.8. The van der Waals surface area contributed by atoms with Crippen molar-refractivity contribution in [3.05, 3.63) is 68.7 Å². The average Bonchev–Trinajstić information content (AvgIpc) is 2.62. The summed E-state index contributed by atoms with van der Waals surface area (Å²) in [5.41, 5.74) is -3.91. The molecule has 0 saturated carbocycles. The number of carbonyl (C=O) groups excluding carboxylic acids is 2. The number of ketones is 1. The number of hydrogen-bond acceptors (Lipinski definition) is 3. The predicted molar refractivity (Wildman–Crippen MR) is 101 cm³/mol. The number of aliphatic hydroxyl groups is 1. The van der Waals surface area contributed by atoms with Crippen molar-refractivity contribution in [3.63, 3.8) is 0 Å². The Kier molecular flexibility index (Phi) is 5.75. The van der Waals surface area contributed by atoms with Crippen LogP contribution in [0.1, 0.15) is 22.0 Å². The molecule has 3 rings (SSSR count). The van der Waals surface area contributed by atoms with E-state index in [2.05, 4.69) is 5.32 Å². The Labute approximate surface area is 177 Å². The lowest BCUT2D eigenvalue weighted by Gasteiger charge is -2.45. The van der Waals surface area contributed by atoms with Crippen LogP contribution in [0.4, 0.5) is 18.0 Å². The second kappa shape index (κ2) is 7.68. The summed E-state index contributed by atoms with van der Waals surface area (Å²) < 4.78 is 41.4. The normalized spacial score (nSPS) is 24.6. The first-order valence-corrected chi connectivity index (χ1v) is 9.20. The molecule has 3 atom stereocenters. The minimum atomic E-state index is -5.36. The van der Waals surface area contributed by atoms with Gasteiger partial charge in [0.2, 0.25) is 5.72 Å². The summed E-state index contributed by atoms with van der Waals surface area (Å²) in [5, 5.41) is 14.6. The van der Waals surface area contributed by atoms with Gasteiger partial charge in [0.05, 0.1) is 16.1 Å². The van der Waals surface area contributed by atoms with Crippen LogP contribution in [0.15, 0.2) is 42.5 Å². The molecule has 29 heavy (non-hydrogen) atoms. The van der Waals surface area contributed by atoms with E-state index in [1.54, 1.807) is 0 Å². The molecule has 154 valence electrons. The summed E-state index contributed by atoms with van der Waals surface area (Å²) in [6.07, 6.45) is -5.36. The Morgan fingerprint density at radius 3 is 2.21 bits per heavy atom. The van der Waals surface area contributed by atoms with Crippen molar-refractivity contribution in [2.45, 2.75) is 17.9 Å². The lowest BCUT2D eigenvalue weighted by molar-refractivity contribution is -0.287. The Morgan fingerprint density at radius 1 is 1.03 bits per heavy atom. The molecule has 1 heterocycles. The summed E-state index contributed by atoms with van der Waals surface area (Å²) in [6.45, 7) is 0. The van der Waals surface area contributed by atoms with Gasteiger partial charge in [0.15, 0.2) is 5.78 Å². The predicted octanol–water partition coefficient (Wildman–Crippen LogP) is 4.75. The first kappa shape index (κ1) is 21.7. The van der Waals surface area contributed by atoms with Gasteiger partial charge in [0, 0.05) is 10.6 Å². The molecule has 0 aromatic heterocycles. The molecule has 0 aliphatic carbocycles. The van der Waals surface area contributed by atoms with Crippen LogP contribution in [0.2, 0.25) is 15.1 Å². The standard InChI is InChI=1S/C18H12Cl3F3N2O3/c19-10-4-1-8(2-5-10)15(27)13-14(9-3-6-11(20)12(21)7-9)25-16(28)26-17(13,29)18(22,23)24/h1-7,13-14,29H,(H2,25,26,28)/t13-,14-,17+/m1/s1. The van der Waals surface area contributed by atoms with Crippen molar-refractivity contribution >= 4 is 46.6 Å². The first-order chi connectivity index (χ1) is 13.4. The molecule has 1 saturated heterocycles. The van der Waals surface area contributed by atoms with Crippen molar-refractivity contribution in [1.29, 1.82) is 0 Å². The Bertz CT molecular complexity index is 969. The smallest absolute Gasteiger partial charge is 0.363 e. The largest absolute Gasteiger partial charge is 0.437 e. The minimum Gasteiger partial charge on any atom is -0.363 e. The third-order valence-corrected chi connectivity index (χ3v) is 5.51. The third kappa shape index (κ3) is 4.02. The molecule has 1 fully saturated rings. The van der Waals surface area contributed by atoms with E-state index in [4.69, 9.17) is 34.8 Å². The van der Waals surface area contributed by atoms with E-state index in [0.717, 1.165) is 0 Å². The maximum atomic E-state index is 13.8. The molecule has 3 N–H and O–H groups in total. The zero-order valence-electron chi connectivity index (χ0n) is 14.2. The fourth-order valence-electron chi connectivity index (χ4n) is 3.12. The SMILES string of the molecule is O=C1N[C@H](c2ccc(Cl)c(Cl)c2)[C@H](C(=O)c2ccc(Cl)cc2)[C@](O)(C(F)(F)F)N1.